The number of rotatable bonds is 14. The van der Waals surface area contributed by atoms with Gasteiger partial charge in [-0.05, 0) is 60.9 Å². The zero-order valence-electron chi connectivity index (χ0n) is 22.1. The molecule has 38 heavy (non-hydrogen) atoms. The second kappa shape index (κ2) is 14.8. The first-order valence-corrected chi connectivity index (χ1v) is 13.1. The summed E-state index contributed by atoms with van der Waals surface area (Å²) in [7, 11) is 1.31. The number of methoxy groups -OCH3 is 1. The number of hydrogen-bond acceptors (Lipinski definition) is 7. The largest absolute Gasteiger partial charge is 0.487 e. The second-order valence-corrected chi connectivity index (χ2v) is 9.30. The second-order valence-electron chi connectivity index (χ2n) is 9.30. The highest BCUT2D eigenvalue weighted by Gasteiger charge is 2.35. The van der Waals surface area contributed by atoms with E-state index in [1.807, 2.05) is 0 Å². The summed E-state index contributed by atoms with van der Waals surface area (Å²) in [6, 6.07) is 13.5. The van der Waals surface area contributed by atoms with E-state index in [1.165, 1.54) is 38.9 Å². The fourth-order valence-electron chi connectivity index (χ4n) is 4.13. The van der Waals surface area contributed by atoms with Crippen LogP contribution in [0.2, 0.25) is 0 Å². The van der Waals surface area contributed by atoms with Gasteiger partial charge in [-0.2, -0.15) is 0 Å². The summed E-state index contributed by atoms with van der Waals surface area (Å²) >= 11 is 0. The molecule has 0 radical (unpaired) electrons. The van der Waals surface area contributed by atoms with E-state index in [-0.39, 0.29) is 18.2 Å². The minimum absolute atomic E-state index is 0.283. The Hall–Kier alpha value is -3.87. The Labute approximate surface area is 224 Å². The number of carbonyl (C=O) groups excluding carboxylic acids is 3. The summed E-state index contributed by atoms with van der Waals surface area (Å²) in [5.41, 5.74) is 1.61. The highest BCUT2D eigenvalue weighted by molar-refractivity contribution is 5.91. The van der Waals surface area contributed by atoms with Crippen molar-refractivity contribution in [2.45, 2.75) is 70.5 Å². The van der Waals surface area contributed by atoms with Crippen LogP contribution in [-0.4, -0.2) is 37.2 Å². The molecule has 7 nitrogen and oxygen atoms in total. The van der Waals surface area contributed by atoms with Crippen LogP contribution in [0.1, 0.15) is 74.2 Å². The van der Waals surface area contributed by atoms with Crippen LogP contribution in [0.5, 0.6) is 11.5 Å². The number of cyclic esters (lactones) is 1. The predicted octanol–water partition coefficient (Wildman–Crippen LogP) is 6.46. The Morgan fingerprint density at radius 3 is 2.29 bits per heavy atom. The fourth-order valence-corrected chi connectivity index (χ4v) is 4.13. The molecule has 1 fully saturated rings. The highest BCUT2D eigenvalue weighted by Crippen LogP contribution is 2.28. The molecule has 0 saturated carbocycles. The molecule has 0 amide bonds. The van der Waals surface area contributed by atoms with Crippen molar-refractivity contribution < 1.29 is 33.3 Å². The molecular formula is C31H36O7. The van der Waals surface area contributed by atoms with Gasteiger partial charge in [-0.1, -0.05) is 57.7 Å². The van der Waals surface area contributed by atoms with Crippen LogP contribution in [0.4, 0.5) is 0 Å². The molecule has 1 saturated heterocycles. The molecule has 202 valence electrons. The van der Waals surface area contributed by atoms with Crippen molar-refractivity contribution in [1.82, 2.24) is 0 Å². The fraction of sp³-hybridized carbons (Fsp3) is 0.387. The Balaban J connectivity index is 1.57. The van der Waals surface area contributed by atoms with Gasteiger partial charge in [0.15, 0.2) is 0 Å². The van der Waals surface area contributed by atoms with Gasteiger partial charge in [0.05, 0.1) is 12.7 Å². The molecule has 0 bridgehead atoms. The van der Waals surface area contributed by atoms with Crippen LogP contribution in [0.25, 0.3) is 6.08 Å². The SMILES string of the molecule is C=C1CC(C(CCCCCCCC)Oc2ccc(C(=O)Oc3ccc(/C=C/C(=O)OC)cc3)cc2)OC1=O. The van der Waals surface area contributed by atoms with Gasteiger partial charge >= 0.3 is 17.9 Å². The number of carbonyl (C=O) groups is 3. The number of benzene rings is 2. The zero-order chi connectivity index (χ0) is 27.3. The maximum atomic E-state index is 12.6. The van der Waals surface area contributed by atoms with Crippen LogP contribution in [-0.2, 0) is 19.1 Å². The maximum absolute atomic E-state index is 12.6. The number of hydrogen-bond donors (Lipinski definition) is 0. The first-order valence-electron chi connectivity index (χ1n) is 13.1. The monoisotopic (exact) mass is 520 g/mol. The molecule has 2 unspecified atom stereocenters. The third kappa shape index (κ3) is 8.91. The lowest BCUT2D eigenvalue weighted by atomic mass is 10.0. The Morgan fingerprint density at radius 2 is 1.66 bits per heavy atom. The van der Waals surface area contributed by atoms with E-state index in [0.717, 1.165) is 24.8 Å². The smallest absolute Gasteiger partial charge is 0.343 e. The Morgan fingerprint density at radius 1 is 1.00 bits per heavy atom. The molecule has 2 aromatic rings. The van der Waals surface area contributed by atoms with E-state index in [1.54, 1.807) is 54.6 Å². The lowest BCUT2D eigenvalue weighted by Gasteiger charge is -2.24. The topological polar surface area (TPSA) is 88.1 Å². The van der Waals surface area contributed by atoms with E-state index in [0.29, 0.717) is 29.1 Å². The molecule has 1 aliphatic heterocycles. The number of unbranched alkanes of at least 4 members (excludes halogenated alkanes) is 5. The summed E-state index contributed by atoms with van der Waals surface area (Å²) in [5.74, 6) is -0.340. The average Bonchev–Trinajstić information content (AvgIpc) is 3.27. The molecule has 2 aromatic carbocycles. The number of esters is 3. The van der Waals surface area contributed by atoms with E-state index in [9.17, 15) is 14.4 Å². The van der Waals surface area contributed by atoms with Gasteiger partial charge in [0, 0.05) is 18.1 Å². The number of ether oxygens (including phenoxy) is 4. The van der Waals surface area contributed by atoms with E-state index in [4.69, 9.17) is 14.2 Å². The third-order valence-corrected chi connectivity index (χ3v) is 6.33. The van der Waals surface area contributed by atoms with Crippen molar-refractivity contribution in [2.75, 3.05) is 7.11 Å². The molecular weight excluding hydrogens is 484 g/mol. The first-order chi connectivity index (χ1) is 18.4. The van der Waals surface area contributed by atoms with Gasteiger partial charge in [0.25, 0.3) is 0 Å². The Kier molecular flexibility index (Phi) is 11.1. The van der Waals surface area contributed by atoms with Crippen molar-refractivity contribution in [3.63, 3.8) is 0 Å². The van der Waals surface area contributed by atoms with Gasteiger partial charge in [-0.3, -0.25) is 0 Å². The van der Waals surface area contributed by atoms with Crippen LogP contribution in [0.3, 0.4) is 0 Å². The zero-order valence-corrected chi connectivity index (χ0v) is 22.1. The first kappa shape index (κ1) is 28.7. The third-order valence-electron chi connectivity index (χ3n) is 6.33. The van der Waals surface area contributed by atoms with Gasteiger partial charge in [-0.15, -0.1) is 0 Å². The van der Waals surface area contributed by atoms with Crippen molar-refractivity contribution in [2.24, 2.45) is 0 Å². The predicted molar refractivity (Wildman–Crippen MR) is 145 cm³/mol. The standard InChI is InChI=1S/C31H36O7/c1-4-5-6-7-8-9-10-27(28-21-22(2)30(33)38-28)36-25-18-14-24(15-19-25)31(34)37-26-16-11-23(12-17-26)13-20-29(32)35-3/h11-20,27-28H,2,4-10,21H2,1,3H3/b20-13+. The van der Waals surface area contributed by atoms with Crippen LogP contribution in [0.15, 0.2) is 66.8 Å². The molecule has 0 N–H and O–H groups in total. The lowest BCUT2D eigenvalue weighted by molar-refractivity contribution is -0.142. The molecule has 0 aromatic heterocycles. The summed E-state index contributed by atoms with van der Waals surface area (Å²) in [6.45, 7) is 5.99. The molecule has 0 aliphatic carbocycles. The van der Waals surface area contributed by atoms with Crippen molar-refractivity contribution in [1.29, 1.82) is 0 Å². The van der Waals surface area contributed by atoms with Crippen LogP contribution >= 0.6 is 0 Å². The highest BCUT2D eigenvalue weighted by atomic mass is 16.6. The molecule has 1 aliphatic rings. The maximum Gasteiger partial charge on any atom is 0.343 e. The Bertz CT molecular complexity index is 1100. The van der Waals surface area contributed by atoms with Gasteiger partial charge in [-0.25, -0.2) is 14.4 Å². The van der Waals surface area contributed by atoms with E-state index in [2.05, 4.69) is 18.2 Å². The molecule has 0 spiro atoms. The van der Waals surface area contributed by atoms with Crippen molar-refractivity contribution in [3.8, 4) is 11.5 Å². The lowest BCUT2D eigenvalue weighted by Crippen LogP contribution is -2.31. The van der Waals surface area contributed by atoms with Crippen molar-refractivity contribution >= 4 is 24.0 Å². The molecule has 1 heterocycles. The van der Waals surface area contributed by atoms with E-state index < -0.39 is 11.9 Å². The average molecular weight is 521 g/mol. The van der Waals surface area contributed by atoms with Gasteiger partial charge in [0.1, 0.15) is 23.7 Å². The summed E-state index contributed by atoms with van der Waals surface area (Å²) in [5, 5.41) is 0. The normalized spacial score (nSPS) is 15.8. The minimum Gasteiger partial charge on any atom is -0.487 e. The molecule has 3 rings (SSSR count). The quantitative estimate of drug-likeness (QED) is 0.122. The van der Waals surface area contributed by atoms with Gasteiger partial charge in [0.2, 0.25) is 0 Å². The summed E-state index contributed by atoms with van der Waals surface area (Å²) in [4.78, 5) is 35.7. The van der Waals surface area contributed by atoms with Crippen LogP contribution < -0.4 is 9.47 Å². The van der Waals surface area contributed by atoms with Crippen molar-refractivity contribution in [3.05, 3.63) is 77.9 Å². The summed E-state index contributed by atoms with van der Waals surface area (Å²) < 4.78 is 21.8. The van der Waals surface area contributed by atoms with Gasteiger partial charge < -0.3 is 18.9 Å². The van der Waals surface area contributed by atoms with Crippen LogP contribution in [0, 0.1) is 0 Å². The minimum atomic E-state index is -0.501. The molecule has 7 heteroatoms. The summed E-state index contributed by atoms with van der Waals surface area (Å²) in [6.07, 6.45) is 10.5. The van der Waals surface area contributed by atoms with E-state index >= 15 is 0 Å². The molecule has 2 atom stereocenters.